The third-order valence-electron chi connectivity index (χ3n) is 3.25. The summed E-state index contributed by atoms with van der Waals surface area (Å²) in [6.45, 7) is 5.71. The van der Waals surface area contributed by atoms with E-state index in [0.717, 1.165) is 40.3 Å². The van der Waals surface area contributed by atoms with Gasteiger partial charge in [-0.25, -0.2) is 4.98 Å². The number of thioether (sulfide) groups is 1. The zero-order chi connectivity index (χ0) is 17.7. The van der Waals surface area contributed by atoms with Crippen molar-refractivity contribution in [2.24, 2.45) is 4.99 Å². The number of halogens is 1. The van der Waals surface area contributed by atoms with E-state index < -0.39 is 0 Å². The first-order chi connectivity index (χ1) is 12.3. The van der Waals surface area contributed by atoms with E-state index >= 15 is 0 Å². The van der Waals surface area contributed by atoms with Crippen LogP contribution in [0.1, 0.15) is 12.0 Å². The van der Waals surface area contributed by atoms with Gasteiger partial charge in [-0.1, -0.05) is 42.6 Å². The fourth-order valence-electron chi connectivity index (χ4n) is 2.06. The standard InChI is InChI=1S/C18H24N4OS2.HI/c1-3-11-23-16-8-5-4-7-15(16)14-22-17(19-2)20-9-6-12-24-18-21-10-13-25-18;/h3-5,7-8,10,13H,1,6,9,11-12,14H2,2H3,(H2,19,20,22);1H. The Morgan fingerprint density at radius 1 is 1.38 bits per heavy atom. The maximum absolute atomic E-state index is 5.67. The van der Waals surface area contributed by atoms with Crippen LogP contribution in [-0.4, -0.2) is 36.9 Å². The lowest BCUT2D eigenvalue weighted by Crippen LogP contribution is -2.37. The SMILES string of the molecule is C=CCOc1ccccc1CNC(=NC)NCCCSc1nccs1.I. The van der Waals surface area contributed by atoms with E-state index in [9.17, 15) is 0 Å². The van der Waals surface area contributed by atoms with Crippen LogP contribution in [0.15, 0.2) is 57.8 Å². The molecule has 2 aromatic rings. The smallest absolute Gasteiger partial charge is 0.191 e. The summed E-state index contributed by atoms with van der Waals surface area (Å²) in [4.78, 5) is 8.53. The fourth-order valence-corrected chi connectivity index (χ4v) is 3.71. The highest BCUT2D eigenvalue weighted by Gasteiger charge is 2.04. The minimum Gasteiger partial charge on any atom is -0.489 e. The number of aromatic nitrogens is 1. The van der Waals surface area contributed by atoms with Crippen molar-refractivity contribution in [2.45, 2.75) is 17.3 Å². The van der Waals surface area contributed by atoms with Crippen LogP contribution in [0.3, 0.4) is 0 Å². The minimum atomic E-state index is 0. The van der Waals surface area contributed by atoms with Gasteiger partial charge >= 0.3 is 0 Å². The molecule has 5 nitrogen and oxygen atoms in total. The van der Waals surface area contributed by atoms with Crippen LogP contribution >= 0.6 is 47.1 Å². The molecule has 0 spiro atoms. The van der Waals surface area contributed by atoms with Gasteiger partial charge in [0.2, 0.25) is 0 Å². The number of nitrogens with one attached hydrogen (secondary N) is 2. The topological polar surface area (TPSA) is 58.5 Å². The molecule has 0 saturated carbocycles. The largest absolute Gasteiger partial charge is 0.489 e. The molecule has 0 aliphatic carbocycles. The third-order valence-corrected chi connectivity index (χ3v) is 5.30. The Morgan fingerprint density at radius 3 is 2.96 bits per heavy atom. The van der Waals surface area contributed by atoms with Gasteiger partial charge in [-0.15, -0.1) is 35.3 Å². The monoisotopic (exact) mass is 504 g/mol. The molecule has 1 heterocycles. The lowest BCUT2D eigenvalue weighted by atomic mass is 10.2. The highest BCUT2D eigenvalue weighted by atomic mass is 127. The molecule has 0 atom stereocenters. The number of para-hydroxylation sites is 1. The van der Waals surface area contributed by atoms with Crippen molar-refractivity contribution < 1.29 is 4.74 Å². The Hall–Kier alpha value is -1.26. The van der Waals surface area contributed by atoms with E-state index in [1.165, 1.54) is 0 Å². The van der Waals surface area contributed by atoms with Gasteiger partial charge in [-0.3, -0.25) is 4.99 Å². The summed E-state index contributed by atoms with van der Waals surface area (Å²) in [5.74, 6) is 2.69. The predicted octanol–water partition coefficient (Wildman–Crippen LogP) is 4.17. The van der Waals surface area contributed by atoms with Gasteiger partial charge in [0.25, 0.3) is 0 Å². The molecule has 1 aromatic heterocycles. The van der Waals surface area contributed by atoms with Crippen molar-refractivity contribution in [3.05, 3.63) is 54.1 Å². The Balaban J connectivity index is 0.00000338. The molecular formula is C18H25IN4OS2. The van der Waals surface area contributed by atoms with Gasteiger partial charge in [0.15, 0.2) is 5.96 Å². The number of guanidine groups is 1. The van der Waals surface area contributed by atoms with E-state index in [0.29, 0.717) is 13.2 Å². The van der Waals surface area contributed by atoms with E-state index in [1.54, 1.807) is 36.2 Å². The molecule has 0 amide bonds. The molecule has 1 aromatic carbocycles. The lowest BCUT2D eigenvalue weighted by molar-refractivity contribution is 0.358. The summed E-state index contributed by atoms with van der Waals surface area (Å²) in [5, 5.41) is 8.66. The summed E-state index contributed by atoms with van der Waals surface area (Å²) in [5.41, 5.74) is 1.09. The summed E-state index contributed by atoms with van der Waals surface area (Å²) in [6, 6.07) is 7.98. The van der Waals surface area contributed by atoms with E-state index in [4.69, 9.17) is 4.74 Å². The second-order valence-corrected chi connectivity index (χ2v) is 7.30. The first kappa shape index (κ1) is 22.8. The van der Waals surface area contributed by atoms with Gasteiger partial charge < -0.3 is 15.4 Å². The second-order valence-electron chi connectivity index (χ2n) is 5.06. The Morgan fingerprint density at radius 2 is 2.23 bits per heavy atom. The maximum atomic E-state index is 5.67. The van der Waals surface area contributed by atoms with Crippen molar-refractivity contribution >= 4 is 53.0 Å². The van der Waals surface area contributed by atoms with Gasteiger partial charge in [-0.05, 0) is 12.5 Å². The van der Waals surface area contributed by atoms with Crippen LogP contribution in [0.5, 0.6) is 5.75 Å². The molecule has 142 valence electrons. The van der Waals surface area contributed by atoms with Gasteiger partial charge in [0.1, 0.15) is 16.7 Å². The average Bonchev–Trinajstić information content (AvgIpc) is 3.16. The Kier molecular flexibility index (Phi) is 12.2. The van der Waals surface area contributed by atoms with Gasteiger partial charge in [-0.2, -0.15) is 0 Å². The van der Waals surface area contributed by atoms with Crippen LogP contribution in [0.4, 0.5) is 0 Å². The second kappa shape index (κ2) is 13.9. The van der Waals surface area contributed by atoms with E-state index in [2.05, 4.69) is 27.2 Å². The molecule has 0 saturated heterocycles. The number of ether oxygens (including phenoxy) is 1. The maximum Gasteiger partial charge on any atom is 0.191 e. The molecule has 0 fully saturated rings. The number of nitrogens with zero attached hydrogens (tertiary/aromatic N) is 2. The summed E-state index contributed by atoms with van der Waals surface area (Å²) < 4.78 is 6.80. The van der Waals surface area contributed by atoms with Crippen LogP contribution in [0.25, 0.3) is 0 Å². The van der Waals surface area contributed by atoms with Crippen LogP contribution in [-0.2, 0) is 6.54 Å². The first-order valence-electron chi connectivity index (χ1n) is 8.12. The Bertz CT molecular complexity index is 665. The predicted molar refractivity (Wildman–Crippen MR) is 123 cm³/mol. The average molecular weight is 504 g/mol. The van der Waals surface area contributed by atoms with Crippen molar-refractivity contribution in [1.29, 1.82) is 0 Å². The third kappa shape index (κ3) is 8.41. The van der Waals surface area contributed by atoms with Crippen molar-refractivity contribution in [1.82, 2.24) is 15.6 Å². The molecule has 0 aliphatic heterocycles. The summed E-state index contributed by atoms with van der Waals surface area (Å²) >= 11 is 3.47. The summed E-state index contributed by atoms with van der Waals surface area (Å²) in [7, 11) is 1.78. The molecule has 2 N–H and O–H groups in total. The Labute approximate surface area is 180 Å². The lowest BCUT2D eigenvalue weighted by Gasteiger charge is -2.14. The van der Waals surface area contributed by atoms with Crippen molar-refractivity contribution in [3.63, 3.8) is 0 Å². The zero-order valence-electron chi connectivity index (χ0n) is 14.8. The summed E-state index contributed by atoms with van der Waals surface area (Å²) in [6.07, 6.45) is 4.63. The van der Waals surface area contributed by atoms with E-state index in [1.807, 2.05) is 35.8 Å². The number of thiazole rings is 1. The van der Waals surface area contributed by atoms with Crippen molar-refractivity contribution in [3.8, 4) is 5.75 Å². The van der Waals surface area contributed by atoms with Gasteiger partial charge in [0.05, 0.1) is 0 Å². The number of hydrogen-bond donors (Lipinski definition) is 2. The molecule has 0 aliphatic rings. The number of rotatable bonds is 10. The quantitative estimate of drug-likeness (QED) is 0.127. The number of benzene rings is 1. The van der Waals surface area contributed by atoms with Crippen LogP contribution < -0.4 is 15.4 Å². The minimum absolute atomic E-state index is 0. The normalized spacial score (nSPS) is 10.7. The zero-order valence-corrected chi connectivity index (χ0v) is 18.8. The first-order valence-corrected chi connectivity index (χ1v) is 9.98. The molecule has 0 bridgehead atoms. The molecule has 0 unspecified atom stereocenters. The van der Waals surface area contributed by atoms with E-state index in [-0.39, 0.29) is 24.0 Å². The fraction of sp³-hybridized carbons (Fsp3) is 0.333. The molecular weight excluding hydrogens is 479 g/mol. The molecule has 2 rings (SSSR count). The van der Waals surface area contributed by atoms with Gasteiger partial charge in [0, 0.05) is 43.0 Å². The highest BCUT2D eigenvalue weighted by molar-refractivity contribution is 14.0. The molecule has 0 radical (unpaired) electrons. The number of aliphatic imine (C=N–C) groups is 1. The highest BCUT2D eigenvalue weighted by Crippen LogP contribution is 2.20. The van der Waals surface area contributed by atoms with Crippen LogP contribution in [0, 0.1) is 0 Å². The van der Waals surface area contributed by atoms with Crippen molar-refractivity contribution in [2.75, 3.05) is 26.0 Å². The number of hydrogen-bond acceptors (Lipinski definition) is 5. The molecule has 26 heavy (non-hydrogen) atoms. The molecule has 8 heteroatoms. The van der Waals surface area contributed by atoms with Crippen LogP contribution in [0.2, 0.25) is 0 Å².